The first-order valence-electron chi connectivity index (χ1n) is 8.67. The zero-order valence-corrected chi connectivity index (χ0v) is 14.6. The van der Waals surface area contributed by atoms with Crippen LogP contribution in [-0.2, 0) is 0 Å². The van der Waals surface area contributed by atoms with Crippen LogP contribution in [0, 0.1) is 13.8 Å². The summed E-state index contributed by atoms with van der Waals surface area (Å²) in [4.78, 5) is 15.2. The van der Waals surface area contributed by atoms with Crippen molar-refractivity contribution >= 4 is 11.8 Å². The Kier molecular flexibility index (Phi) is 5.03. The van der Waals surface area contributed by atoms with Gasteiger partial charge in [-0.2, -0.15) is 0 Å². The predicted octanol–water partition coefficient (Wildman–Crippen LogP) is 2.32. The molecule has 1 unspecified atom stereocenters. The van der Waals surface area contributed by atoms with E-state index in [1.807, 2.05) is 36.9 Å². The SMILES string of the molecule is Cc1cccc(-n2nc(C(=O)O)c(N3CCCCC3CCO)n2)c1C. The van der Waals surface area contributed by atoms with Crippen LogP contribution in [0.4, 0.5) is 5.82 Å². The number of aryl methyl sites for hydroxylation is 1. The third kappa shape index (κ3) is 3.37. The summed E-state index contributed by atoms with van der Waals surface area (Å²) >= 11 is 0. The molecule has 1 saturated heterocycles. The molecule has 25 heavy (non-hydrogen) atoms. The highest BCUT2D eigenvalue weighted by Gasteiger charge is 2.30. The zero-order chi connectivity index (χ0) is 18.0. The van der Waals surface area contributed by atoms with Gasteiger partial charge in [0.05, 0.1) is 5.69 Å². The molecular weight excluding hydrogens is 320 g/mol. The number of anilines is 1. The van der Waals surface area contributed by atoms with E-state index >= 15 is 0 Å². The number of aliphatic hydroxyl groups excluding tert-OH is 1. The number of carbonyl (C=O) groups is 1. The van der Waals surface area contributed by atoms with Crippen molar-refractivity contribution in [1.82, 2.24) is 15.0 Å². The molecule has 1 atom stereocenters. The largest absolute Gasteiger partial charge is 0.476 e. The van der Waals surface area contributed by atoms with Crippen LogP contribution < -0.4 is 4.90 Å². The number of piperidine rings is 1. The average molecular weight is 344 g/mol. The molecule has 3 rings (SSSR count). The minimum absolute atomic E-state index is 0.0363. The fourth-order valence-electron chi connectivity index (χ4n) is 3.42. The molecule has 7 nitrogen and oxygen atoms in total. The Morgan fingerprint density at radius 2 is 2.08 bits per heavy atom. The molecule has 0 spiro atoms. The molecule has 0 radical (unpaired) electrons. The van der Waals surface area contributed by atoms with Crippen LogP contribution in [0.25, 0.3) is 5.69 Å². The number of aromatic carboxylic acids is 1. The van der Waals surface area contributed by atoms with Gasteiger partial charge in [0.1, 0.15) is 0 Å². The third-order valence-corrected chi connectivity index (χ3v) is 4.95. The van der Waals surface area contributed by atoms with Crippen molar-refractivity contribution in [3.05, 3.63) is 35.0 Å². The number of nitrogens with zero attached hydrogens (tertiary/aromatic N) is 4. The number of hydrogen-bond donors (Lipinski definition) is 2. The molecule has 1 aliphatic rings. The van der Waals surface area contributed by atoms with Gasteiger partial charge in [0.2, 0.25) is 5.69 Å². The molecule has 0 amide bonds. The Morgan fingerprint density at radius 1 is 1.28 bits per heavy atom. The highest BCUT2D eigenvalue weighted by Crippen LogP contribution is 2.28. The zero-order valence-electron chi connectivity index (χ0n) is 14.6. The Hall–Kier alpha value is -2.41. The first-order valence-corrected chi connectivity index (χ1v) is 8.67. The van der Waals surface area contributed by atoms with Gasteiger partial charge in [0.15, 0.2) is 5.82 Å². The molecule has 2 aromatic rings. The van der Waals surface area contributed by atoms with Gasteiger partial charge < -0.3 is 15.1 Å². The normalized spacial score (nSPS) is 17.7. The predicted molar refractivity (Wildman–Crippen MR) is 94.5 cm³/mol. The fraction of sp³-hybridized carbons (Fsp3) is 0.500. The molecule has 7 heteroatoms. The number of hydrogen-bond acceptors (Lipinski definition) is 5. The van der Waals surface area contributed by atoms with Gasteiger partial charge in [-0.25, -0.2) is 4.79 Å². The van der Waals surface area contributed by atoms with Gasteiger partial charge in [-0.15, -0.1) is 15.0 Å². The van der Waals surface area contributed by atoms with Crippen LogP contribution in [-0.4, -0.2) is 50.4 Å². The van der Waals surface area contributed by atoms with Crippen LogP contribution in [0.5, 0.6) is 0 Å². The Balaban J connectivity index is 2.06. The molecule has 134 valence electrons. The first-order chi connectivity index (χ1) is 12.0. The van der Waals surface area contributed by atoms with E-state index in [1.54, 1.807) is 0 Å². The van der Waals surface area contributed by atoms with E-state index in [0.29, 0.717) is 12.2 Å². The summed E-state index contributed by atoms with van der Waals surface area (Å²) in [6.45, 7) is 4.79. The van der Waals surface area contributed by atoms with E-state index in [-0.39, 0.29) is 18.3 Å². The van der Waals surface area contributed by atoms with Crippen LogP contribution in [0.15, 0.2) is 18.2 Å². The molecule has 0 saturated carbocycles. The highest BCUT2D eigenvalue weighted by atomic mass is 16.4. The number of benzene rings is 1. The van der Waals surface area contributed by atoms with Gasteiger partial charge in [-0.1, -0.05) is 12.1 Å². The van der Waals surface area contributed by atoms with Gasteiger partial charge in [-0.3, -0.25) is 0 Å². The lowest BCUT2D eigenvalue weighted by Crippen LogP contribution is -2.41. The van der Waals surface area contributed by atoms with E-state index in [1.165, 1.54) is 4.80 Å². The summed E-state index contributed by atoms with van der Waals surface area (Å²) in [6, 6.07) is 5.90. The van der Waals surface area contributed by atoms with Gasteiger partial charge in [0, 0.05) is 19.2 Å². The first kappa shape index (κ1) is 17.4. The minimum Gasteiger partial charge on any atom is -0.476 e. The Labute approximate surface area is 146 Å². The topological polar surface area (TPSA) is 91.5 Å². The van der Waals surface area contributed by atoms with Crippen molar-refractivity contribution in [1.29, 1.82) is 0 Å². The number of carboxylic acids is 1. The second kappa shape index (κ2) is 7.23. The minimum atomic E-state index is -1.08. The molecular formula is C18H24N4O3. The van der Waals surface area contributed by atoms with Crippen molar-refractivity contribution in [2.24, 2.45) is 0 Å². The molecule has 2 heterocycles. The Bertz CT molecular complexity index is 770. The lowest BCUT2D eigenvalue weighted by atomic mass is 9.99. The van der Waals surface area contributed by atoms with Crippen molar-refractivity contribution in [3.8, 4) is 5.69 Å². The summed E-state index contributed by atoms with van der Waals surface area (Å²) in [5.74, 6) is -0.688. The molecule has 0 aliphatic carbocycles. The van der Waals surface area contributed by atoms with Crippen molar-refractivity contribution in [2.75, 3.05) is 18.1 Å². The van der Waals surface area contributed by atoms with Crippen LogP contribution >= 0.6 is 0 Å². The van der Waals surface area contributed by atoms with E-state index in [0.717, 1.165) is 42.6 Å². The number of rotatable bonds is 5. The molecule has 1 fully saturated rings. The van der Waals surface area contributed by atoms with Crippen LogP contribution in [0.3, 0.4) is 0 Å². The van der Waals surface area contributed by atoms with Gasteiger partial charge >= 0.3 is 5.97 Å². The second-order valence-electron chi connectivity index (χ2n) is 6.54. The number of aromatic nitrogens is 3. The fourth-order valence-corrected chi connectivity index (χ4v) is 3.42. The summed E-state index contributed by atoms with van der Waals surface area (Å²) < 4.78 is 0. The van der Waals surface area contributed by atoms with E-state index in [2.05, 4.69) is 10.2 Å². The average Bonchev–Trinajstić information content (AvgIpc) is 3.03. The molecule has 1 aliphatic heterocycles. The van der Waals surface area contributed by atoms with Crippen molar-refractivity contribution in [3.63, 3.8) is 0 Å². The van der Waals surface area contributed by atoms with E-state index in [4.69, 9.17) is 0 Å². The maximum atomic E-state index is 11.7. The molecule has 1 aromatic heterocycles. The van der Waals surface area contributed by atoms with E-state index < -0.39 is 5.97 Å². The summed E-state index contributed by atoms with van der Waals surface area (Å²) in [6.07, 6.45) is 3.59. The lowest BCUT2D eigenvalue weighted by Gasteiger charge is -2.35. The molecule has 2 N–H and O–H groups in total. The smallest absolute Gasteiger partial charge is 0.360 e. The van der Waals surface area contributed by atoms with Crippen molar-refractivity contribution in [2.45, 2.75) is 45.6 Å². The summed E-state index contributed by atoms with van der Waals surface area (Å²) in [5.41, 5.74) is 2.87. The number of carboxylic acid groups (broad SMARTS) is 1. The monoisotopic (exact) mass is 344 g/mol. The Morgan fingerprint density at radius 3 is 2.80 bits per heavy atom. The quantitative estimate of drug-likeness (QED) is 0.865. The maximum Gasteiger partial charge on any atom is 0.360 e. The van der Waals surface area contributed by atoms with Gasteiger partial charge in [0.25, 0.3) is 0 Å². The lowest BCUT2D eigenvalue weighted by molar-refractivity contribution is 0.0690. The van der Waals surface area contributed by atoms with Crippen molar-refractivity contribution < 1.29 is 15.0 Å². The van der Waals surface area contributed by atoms with Gasteiger partial charge in [-0.05, 0) is 56.7 Å². The number of aliphatic hydroxyl groups is 1. The standard InChI is InChI=1S/C18H24N4O3/c1-12-6-5-8-15(13(12)2)22-19-16(18(24)25)17(20-22)21-10-4-3-7-14(21)9-11-23/h5-6,8,14,23H,3-4,7,9-11H2,1-2H3,(H,24,25). The van der Waals surface area contributed by atoms with Crippen LogP contribution in [0.2, 0.25) is 0 Å². The summed E-state index contributed by atoms with van der Waals surface area (Å²) in [7, 11) is 0. The maximum absolute atomic E-state index is 11.7. The third-order valence-electron chi connectivity index (χ3n) is 4.95. The van der Waals surface area contributed by atoms with E-state index in [9.17, 15) is 15.0 Å². The molecule has 0 bridgehead atoms. The summed E-state index contributed by atoms with van der Waals surface area (Å²) in [5, 5.41) is 27.7. The highest BCUT2D eigenvalue weighted by molar-refractivity contribution is 5.91. The second-order valence-corrected chi connectivity index (χ2v) is 6.54. The van der Waals surface area contributed by atoms with Crippen LogP contribution in [0.1, 0.15) is 47.3 Å². The molecule has 1 aromatic carbocycles.